The number of nitrogens with zero attached hydrogens (tertiary/aromatic N) is 2. The predicted molar refractivity (Wildman–Crippen MR) is 85.7 cm³/mol. The van der Waals surface area contributed by atoms with E-state index in [9.17, 15) is 4.79 Å². The molecule has 2 heterocycles. The largest absolute Gasteiger partial charge is 0.383 e. The van der Waals surface area contributed by atoms with Gasteiger partial charge in [0, 0.05) is 26.7 Å². The number of carbonyl (C=O) groups excluding carboxylic acids is 1. The number of hydrogen-bond acceptors (Lipinski definition) is 6. The summed E-state index contributed by atoms with van der Waals surface area (Å²) in [5.41, 5.74) is 5.90. The van der Waals surface area contributed by atoms with Gasteiger partial charge in [-0.15, -0.1) is 0 Å². The van der Waals surface area contributed by atoms with Gasteiger partial charge >= 0.3 is 0 Å². The number of hydrogen-bond donors (Lipinski definition) is 2. The normalized spacial score (nSPS) is 22.3. The number of ether oxygens (including phenoxy) is 1. The van der Waals surface area contributed by atoms with Gasteiger partial charge in [0.2, 0.25) is 0 Å². The van der Waals surface area contributed by atoms with Crippen molar-refractivity contribution in [1.82, 2.24) is 9.88 Å². The molecule has 1 fully saturated rings. The highest BCUT2D eigenvalue weighted by Gasteiger charge is 2.28. The molecule has 0 bridgehead atoms. The summed E-state index contributed by atoms with van der Waals surface area (Å²) in [4.78, 5) is 19.3. The van der Waals surface area contributed by atoms with Crippen molar-refractivity contribution in [1.29, 1.82) is 0 Å². The average Bonchev–Trinajstić information content (AvgIpc) is 2.78. The van der Waals surface area contributed by atoms with Gasteiger partial charge in [-0.3, -0.25) is 4.79 Å². The minimum atomic E-state index is 0.00296. The molecule has 118 valence electrons. The van der Waals surface area contributed by atoms with E-state index in [1.54, 1.807) is 7.11 Å². The van der Waals surface area contributed by atoms with Gasteiger partial charge < -0.3 is 20.7 Å². The first kappa shape index (κ1) is 16.0. The van der Waals surface area contributed by atoms with Crippen LogP contribution in [0.1, 0.15) is 29.9 Å². The van der Waals surface area contributed by atoms with Crippen LogP contribution in [0.15, 0.2) is 0 Å². The SMILES string of the molecule is COCCNc1nc(N)c(C(=O)N2CC(C)CC(C)C2)s1. The van der Waals surface area contributed by atoms with Crippen LogP contribution >= 0.6 is 11.3 Å². The molecule has 0 aliphatic carbocycles. The summed E-state index contributed by atoms with van der Waals surface area (Å²) >= 11 is 1.32. The van der Waals surface area contributed by atoms with Crippen molar-refractivity contribution in [2.75, 3.05) is 44.4 Å². The number of rotatable bonds is 5. The van der Waals surface area contributed by atoms with E-state index in [1.807, 2.05) is 4.90 Å². The summed E-state index contributed by atoms with van der Waals surface area (Å²) < 4.78 is 4.97. The maximum Gasteiger partial charge on any atom is 0.267 e. The summed E-state index contributed by atoms with van der Waals surface area (Å²) in [6, 6.07) is 0. The lowest BCUT2D eigenvalue weighted by Gasteiger charge is -2.34. The van der Waals surface area contributed by atoms with Crippen LogP contribution in [-0.4, -0.2) is 49.1 Å². The first-order valence-corrected chi connectivity index (χ1v) is 8.11. The maximum atomic E-state index is 12.6. The molecule has 3 N–H and O–H groups in total. The van der Waals surface area contributed by atoms with E-state index < -0.39 is 0 Å². The number of nitrogens with one attached hydrogen (secondary N) is 1. The Bertz CT molecular complexity index is 481. The Hall–Kier alpha value is -1.34. The third kappa shape index (κ3) is 4.07. The van der Waals surface area contributed by atoms with Gasteiger partial charge in [-0.25, -0.2) is 4.98 Å². The van der Waals surface area contributed by atoms with Crippen LogP contribution in [0.4, 0.5) is 10.9 Å². The molecule has 7 heteroatoms. The molecule has 1 aliphatic rings. The van der Waals surface area contributed by atoms with Crippen LogP contribution in [0.25, 0.3) is 0 Å². The number of nitrogens with two attached hydrogens (primary N) is 1. The minimum Gasteiger partial charge on any atom is -0.383 e. The molecule has 0 spiro atoms. The first-order valence-electron chi connectivity index (χ1n) is 7.29. The van der Waals surface area contributed by atoms with E-state index in [1.165, 1.54) is 17.8 Å². The molecular formula is C14H24N4O2S. The van der Waals surface area contributed by atoms with Gasteiger partial charge in [-0.2, -0.15) is 0 Å². The number of likely N-dealkylation sites (tertiary alicyclic amines) is 1. The number of methoxy groups -OCH3 is 1. The monoisotopic (exact) mass is 312 g/mol. The Morgan fingerprint density at radius 3 is 2.76 bits per heavy atom. The smallest absolute Gasteiger partial charge is 0.267 e. The number of carbonyl (C=O) groups is 1. The Morgan fingerprint density at radius 1 is 1.48 bits per heavy atom. The number of piperidine rings is 1. The number of aromatic nitrogens is 1. The summed E-state index contributed by atoms with van der Waals surface area (Å²) in [7, 11) is 1.64. The van der Waals surface area contributed by atoms with E-state index in [-0.39, 0.29) is 5.91 Å². The lowest BCUT2D eigenvalue weighted by Crippen LogP contribution is -2.42. The zero-order valence-electron chi connectivity index (χ0n) is 12.9. The standard InChI is InChI=1S/C14H24N4O2S/c1-9-6-10(2)8-18(7-9)13(19)11-12(15)17-14(21-11)16-4-5-20-3/h9-10H,4-8,15H2,1-3H3,(H,16,17). The second-order valence-electron chi connectivity index (χ2n) is 5.81. The van der Waals surface area contributed by atoms with E-state index in [2.05, 4.69) is 24.1 Å². The highest BCUT2D eigenvalue weighted by Crippen LogP contribution is 2.29. The van der Waals surface area contributed by atoms with Crippen LogP contribution in [-0.2, 0) is 4.74 Å². The summed E-state index contributed by atoms with van der Waals surface area (Å²) in [6.45, 7) is 7.20. The zero-order chi connectivity index (χ0) is 15.4. The fraction of sp³-hybridized carbons (Fsp3) is 0.714. The van der Waals surface area contributed by atoms with Crippen molar-refractivity contribution in [3.8, 4) is 0 Å². The highest BCUT2D eigenvalue weighted by molar-refractivity contribution is 7.18. The number of nitrogen functional groups attached to an aromatic ring is 1. The van der Waals surface area contributed by atoms with E-state index in [0.29, 0.717) is 40.8 Å². The van der Waals surface area contributed by atoms with Crippen molar-refractivity contribution < 1.29 is 9.53 Å². The van der Waals surface area contributed by atoms with Crippen molar-refractivity contribution in [2.24, 2.45) is 11.8 Å². The molecule has 2 atom stereocenters. The maximum absolute atomic E-state index is 12.6. The molecule has 0 aromatic carbocycles. The fourth-order valence-corrected chi connectivity index (χ4v) is 3.67. The molecule has 6 nitrogen and oxygen atoms in total. The molecule has 0 saturated carbocycles. The van der Waals surface area contributed by atoms with Gasteiger partial charge in [0.05, 0.1) is 6.61 Å². The molecule has 21 heavy (non-hydrogen) atoms. The van der Waals surface area contributed by atoms with E-state index >= 15 is 0 Å². The van der Waals surface area contributed by atoms with Crippen molar-refractivity contribution in [2.45, 2.75) is 20.3 Å². The average molecular weight is 312 g/mol. The third-order valence-electron chi connectivity index (χ3n) is 3.59. The second kappa shape index (κ2) is 7.09. The summed E-state index contributed by atoms with van der Waals surface area (Å²) in [5.74, 6) is 1.39. The van der Waals surface area contributed by atoms with Crippen LogP contribution in [0.5, 0.6) is 0 Å². The minimum absolute atomic E-state index is 0.00296. The fourth-order valence-electron chi connectivity index (χ4n) is 2.79. The lowest BCUT2D eigenvalue weighted by molar-refractivity contribution is 0.0629. The van der Waals surface area contributed by atoms with Gasteiger partial charge in [-0.05, 0) is 18.3 Å². The highest BCUT2D eigenvalue weighted by atomic mass is 32.1. The van der Waals surface area contributed by atoms with Crippen molar-refractivity contribution in [3.05, 3.63) is 4.88 Å². The molecule has 2 rings (SSSR count). The second-order valence-corrected chi connectivity index (χ2v) is 6.81. The van der Waals surface area contributed by atoms with Crippen LogP contribution in [0, 0.1) is 11.8 Å². The van der Waals surface area contributed by atoms with E-state index in [4.69, 9.17) is 10.5 Å². The Kier molecular flexibility index (Phi) is 5.41. The van der Waals surface area contributed by atoms with Gasteiger partial charge in [0.1, 0.15) is 10.7 Å². The number of thiazole rings is 1. The summed E-state index contributed by atoms with van der Waals surface area (Å²) in [6.07, 6.45) is 1.17. The van der Waals surface area contributed by atoms with Crippen LogP contribution < -0.4 is 11.1 Å². The molecule has 1 amide bonds. The number of amides is 1. The zero-order valence-corrected chi connectivity index (χ0v) is 13.7. The topological polar surface area (TPSA) is 80.5 Å². The molecule has 1 aromatic rings. The molecule has 0 radical (unpaired) electrons. The number of anilines is 2. The molecule has 2 unspecified atom stereocenters. The molecule has 1 aliphatic heterocycles. The molecule has 1 saturated heterocycles. The van der Waals surface area contributed by atoms with Gasteiger partial charge in [-0.1, -0.05) is 25.2 Å². The Labute approximate surface area is 129 Å². The lowest BCUT2D eigenvalue weighted by atomic mass is 9.92. The van der Waals surface area contributed by atoms with Crippen LogP contribution in [0.3, 0.4) is 0 Å². The Morgan fingerprint density at radius 2 is 2.14 bits per heavy atom. The Balaban J connectivity index is 2.04. The van der Waals surface area contributed by atoms with Crippen molar-refractivity contribution in [3.63, 3.8) is 0 Å². The molecular weight excluding hydrogens is 288 g/mol. The van der Waals surface area contributed by atoms with Crippen LogP contribution in [0.2, 0.25) is 0 Å². The molecule has 1 aromatic heterocycles. The van der Waals surface area contributed by atoms with Crippen molar-refractivity contribution >= 4 is 28.2 Å². The quantitative estimate of drug-likeness (QED) is 0.812. The van der Waals surface area contributed by atoms with Gasteiger partial charge in [0.15, 0.2) is 5.13 Å². The first-order chi connectivity index (χ1) is 10.0. The predicted octanol–water partition coefficient (Wildman–Crippen LogP) is 1.90. The summed E-state index contributed by atoms with van der Waals surface area (Å²) in [5, 5.41) is 3.79. The van der Waals surface area contributed by atoms with E-state index in [0.717, 1.165) is 13.1 Å². The third-order valence-corrected chi connectivity index (χ3v) is 4.60. The van der Waals surface area contributed by atoms with Gasteiger partial charge in [0.25, 0.3) is 5.91 Å².